The average Bonchev–Trinajstić information content (AvgIpc) is 1.87. The Morgan fingerprint density at radius 3 is 2.20 bits per heavy atom. The Morgan fingerprint density at radius 2 is 1.70 bits per heavy atom. The SMILES string of the molecule is CC=CCC/C=C/C(C)C. The van der Waals surface area contributed by atoms with Gasteiger partial charge in [-0.1, -0.05) is 38.2 Å². The minimum absolute atomic E-state index is 0.700. The first-order chi connectivity index (χ1) is 4.77. The van der Waals surface area contributed by atoms with Gasteiger partial charge in [0.05, 0.1) is 0 Å². The lowest BCUT2D eigenvalue weighted by Crippen LogP contribution is -1.76. The minimum Gasteiger partial charge on any atom is -0.0917 e. The van der Waals surface area contributed by atoms with Crippen LogP contribution in [-0.4, -0.2) is 0 Å². The van der Waals surface area contributed by atoms with Crippen LogP contribution in [-0.2, 0) is 0 Å². The molecule has 0 amide bonds. The topological polar surface area (TPSA) is 0 Å². The predicted octanol–water partition coefficient (Wildman–Crippen LogP) is 3.55. The van der Waals surface area contributed by atoms with Gasteiger partial charge in [0.1, 0.15) is 0 Å². The van der Waals surface area contributed by atoms with Crippen LogP contribution in [0.1, 0.15) is 33.6 Å². The third kappa shape index (κ3) is 7.48. The largest absolute Gasteiger partial charge is 0.0917 e. The molecule has 58 valence electrons. The van der Waals surface area contributed by atoms with Crippen LogP contribution in [0, 0.1) is 5.92 Å². The summed E-state index contributed by atoms with van der Waals surface area (Å²) in [5, 5.41) is 0. The molecule has 0 aliphatic carbocycles. The molecule has 0 aromatic heterocycles. The molecule has 0 saturated heterocycles. The Kier molecular flexibility index (Phi) is 6.25. The zero-order valence-corrected chi connectivity index (χ0v) is 7.30. The third-order valence-electron chi connectivity index (χ3n) is 1.26. The van der Waals surface area contributed by atoms with E-state index < -0.39 is 0 Å². The van der Waals surface area contributed by atoms with Crippen molar-refractivity contribution in [3.63, 3.8) is 0 Å². The molecule has 0 heteroatoms. The number of unbranched alkanes of at least 4 members (excludes halogenated alkanes) is 1. The smallest absolute Gasteiger partial charge is 0.0290 e. The monoisotopic (exact) mass is 138 g/mol. The van der Waals surface area contributed by atoms with Crippen LogP contribution in [0.4, 0.5) is 0 Å². The molecule has 0 heterocycles. The van der Waals surface area contributed by atoms with Gasteiger partial charge < -0.3 is 0 Å². The predicted molar refractivity (Wildman–Crippen MR) is 48.0 cm³/mol. The van der Waals surface area contributed by atoms with Crippen LogP contribution in [0.2, 0.25) is 0 Å². The molecule has 0 aromatic carbocycles. The Labute approximate surface area is 64.6 Å². The summed E-state index contributed by atoms with van der Waals surface area (Å²) in [4.78, 5) is 0. The van der Waals surface area contributed by atoms with Crippen LogP contribution in [0.5, 0.6) is 0 Å². The van der Waals surface area contributed by atoms with Crippen molar-refractivity contribution in [3.8, 4) is 0 Å². The molecule has 0 radical (unpaired) electrons. The molecule has 0 nitrogen and oxygen atoms in total. The lowest BCUT2D eigenvalue weighted by atomic mass is 10.2. The molecule has 0 unspecified atom stereocenters. The van der Waals surface area contributed by atoms with E-state index in [2.05, 4.69) is 45.1 Å². The molecule has 0 bridgehead atoms. The molecule has 0 spiro atoms. The first kappa shape index (κ1) is 9.48. The van der Waals surface area contributed by atoms with Gasteiger partial charge in [-0.3, -0.25) is 0 Å². The van der Waals surface area contributed by atoms with E-state index in [0.29, 0.717) is 5.92 Å². The van der Waals surface area contributed by atoms with Crippen molar-refractivity contribution in [2.45, 2.75) is 33.6 Å². The Balaban J connectivity index is 3.18. The summed E-state index contributed by atoms with van der Waals surface area (Å²) in [6.45, 7) is 6.46. The van der Waals surface area contributed by atoms with E-state index in [9.17, 15) is 0 Å². The highest BCUT2D eigenvalue weighted by atomic mass is 13.9. The molecule has 0 aliphatic rings. The summed E-state index contributed by atoms with van der Waals surface area (Å²) in [6, 6.07) is 0. The second-order valence-corrected chi connectivity index (χ2v) is 2.82. The molecular weight excluding hydrogens is 120 g/mol. The zero-order chi connectivity index (χ0) is 7.82. The highest BCUT2D eigenvalue weighted by Gasteiger charge is 1.81. The van der Waals surface area contributed by atoms with Crippen molar-refractivity contribution in [1.82, 2.24) is 0 Å². The highest BCUT2D eigenvalue weighted by molar-refractivity contribution is 4.87. The van der Waals surface area contributed by atoms with Crippen molar-refractivity contribution in [2.24, 2.45) is 5.92 Å². The van der Waals surface area contributed by atoms with Gasteiger partial charge in [-0.15, -0.1) is 0 Å². The number of rotatable bonds is 4. The summed E-state index contributed by atoms with van der Waals surface area (Å²) in [5.74, 6) is 0.700. The van der Waals surface area contributed by atoms with Crippen LogP contribution in [0.15, 0.2) is 24.3 Å². The van der Waals surface area contributed by atoms with E-state index in [-0.39, 0.29) is 0 Å². The standard InChI is InChI=1S/C10H18/c1-4-5-6-7-8-9-10(2)3/h4-5,8-10H,6-7H2,1-3H3/b5-4?,9-8+. The maximum atomic E-state index is 2.25. The van der Waals surface area contributed by atoms with E-state index in [1.165, 1.54) is 12.8 Å². The Hall–Kier alpha value is -0.520. The maximum Gasteiger partial charge on any atom is -0.0290 e. The summed E-state index contributed by atoms with van der Waals surface area (Å²) in [6.07, 6.45) is 11.2. The van der Waals surface area contributed by atoms with E-state index in [4.69, 9.17) is 0 Å². The summed E-state index contributed by atoms with van der Waals surface area (Å²) in [5.41, 5.74) is 0. The fourth-order valence-corrected chi connectivity index (χ4v) is 0.728. The summed E-state index contributed by atoms with van der Waals surface area (Å²) in [7, 11) is 0. The van der Waals surface area contributed by atoms with Gasteiger partial charge >= 0.3 is 0 Å². The average molecular weight is 138 g/mol. The normalized spacial score (nSPS) is 12.4. The van der Waals surface area contributed by atoms with Gasteiger partial charge in [0.15, 0.2) is 0 Å². The molecule has 0 fully saturated rings. The number of allylic oxidation sites excluding steroid dienone is 4. The van der Waals surface area contributed by atoms with Crippen molar-refractivity contribution < 1.29 is 0 Å². The molecule has 0 aromatic rings. The Morgan fingerprint density at radius 1 is 1.10 bits per heavy atom. The van der Waals surface area contributed by atoms with E-state index in [1.54, 1.807) is 0 Å². The van der Waals surface area contributed by atoms with Crippen LogP contribution >= 0.6 is 0 Å². The van der Waals surface area contributed by atoms with Gasteiger partial charge in [-0.05, 0) is 25.7 Å². The minimum atomic E-state index is 0.700. The van der Waals surface area contributed by atoms with Crippen molar-refractivity contribution in [3.05, 3.63) is 24.3 Å². The van der Waals surface area contributed by atoms with Crippen molar-refractivity contribution >= 4 is 0 Å². The van der Waals surface area contributed by atoms with Crippen LogP contribution in [0.25, 0.3) is 0 Å². The highest BCUT2D eigenvalue weighted by Crippen LogP contribution is 1.98. The van der Waals surface area contributed by atoms with Gasteiger partial charge in [0.2, 0.25) is 0 Å². The fraction of sp³-hybridized carbons (Fsp3) is 0.600. The molecule has 0 rings (SSSR count). The van der Waals surface area contributed by atoms with Gasteiger partial charge in [0, 0.05) is 0 Å². The maximum absolute atomic E-state index is 2.25. The van der Waals surface area contributed by atoms with E-state index >= 15 is 0 Å². The molecule has 10 heavy (non-hydrogen) atoms. The van der Waals surface area contributed by atoms with E-state index in [1.807, 2.05) is 0 Å². The van der Waals surface area contributed by atoms with Crippen molar-refractivity contribution in [1.29, 1.82) is 0 Å². The van der Waals surface area contributed by atoms with Crippen LogP contribution < -0.4 is 0 Å². The fourth-order valence-electron chi connectivity index (χ4n) is 0.728. The third-order valence-corrected chi connectivity index (χ3v) is 1.26. The second kappa shape index (κ2) is 6.60. The quantitative estimate of drug-likeness (QED) is 0.411. The summed E-state index contributed by atoms with van der Waals surface area (Å²) >= 11 is 0. The van der Waals surface area contributed by atoms with Crippen molar-refractivity contribution in [2.75, 3.05) is 0 Å². The molecule has 0 N–H and O–H groups in total. The lowest BCUT2D eigenvalue weighted by Gasteiger charge is -1.91. The molecule has 0 atom stereocenters. The molecule has 0 saturated carbocycles. The van der Waals surface area contributed by atoms with Crippen LogP contribution in [0.3, 0.4) is 0 Å². The van der Waals surface area contributed by atoms with E-state index in [0.717, 1.165) is 0 Å². The van der Waals surface area contributed by atoms with Gasteiger partial charge in [0.25, 0.3) is 0 Å². The second-order valence-electron chi connectivity index (χ2n) is 2.82. The Bertz CT molecular complexity index is 107. The number of hydrogen-bond acceptors (Lipinski definition) is 0. The summed E-state index contributed by atoms with van der Waals surface area (Å²) < 4.78 is 0. The first-order valence-corrected chi connectivity index (χ1v) is 4.05. The first-order valence-electron chi connectivity index (χ1n) is 4.05. The molecular formula is C10H18. The number of hydrogen-bond donors (Lipinski definition) is 0. The van der Waals surface area contributed by atoms with Gasteiger partial charge in [-0.25, -0.2) is 0 Å². The van der Waals surface area contributed by atoms with Gasteiger partial charge in [-0.2, -0.15) is 0 Å². The molecule has 0 aliphatic heterocycles. The lowest BCUT2D eigenvalue weighted by molar-refractivity contribution is 0.823. The zero-order valence-electron chi connectivity index (χ0n) is 7.30.